The van der Waals surface area contributed by atoms with E-state index in [0.717, 1.165) is 40.5 Å². The van der Waals surface area contributed by atoms with Gasteiger partial charge in [-0.2, -0.15) is 11.8 Å². The summed E-state index contributed by atoms with van der Waals surface area (Å²) in [5.74, 6) is 2.00. The maximum absolute atomic E-state index is 5.99. The summed E-state index contributed by atoms with van der Waals surface area (Å²) < 4.78 is 5.90. The minimum atomic E-state index is 0.270. The van der Waals surface area contributed by atoms with Crippen LogP contribution in [0.15, 0.2) is 28.7 Å². The molecule has 1 aromatic heterocycles. The largest absolute Gasteiger partial charge is 0.459 e. The van der Waals surface area contributed by atoms with E-state index in [0.29, 0.717) is 0 Å². The molecule has 1 N–H and O–H groups in total. The second-order valence-corrected chi connectivity index (χ2v) is 5.64. The molecule has 0 fully saturated rings. The third-order valence-electron chi connectivity index (χ3n) is 2.81. The van der Waals surface area contributed by atoms with Crippen molar-refractivity contribution < 1.29 is 4.42 Å². The highest BCUT2D eigenvalue weighted by molar-refractivity contribution is 7.98. The molecule has 0 aliphatic heterocycles. The zero-order valence-electron chi connectivity index (χ0n) is 10.7. The van der Waals surface area contributed by atoms with Crippen LogP contribution in [0.25, 0.3) is 11.0 Å². The van der Waals surface area contributed by atoms with Crippen LogP contribution < -0.4 is 5.32 Å². The highest BCUT2D eigenvalue weighted by Crippen LogP contribution is 2.27. The monoisotopic (exact) mass is 283 g/mol. The number of nitrogens with one attached hydrogen (secondary N) is 1. The predicted molar refractivity (Wildman–Crippen MR) is 80.6 cm³/mol. The minimum Gasteiger partial charge on any atom is -0.459 e. The normalized spacial score (nSPS) is 13.1. The Morgan fingerprint density at radius 1 is 1.39 bits per heavy atom. The van der Waals surface area contributed by atoms with Crippen molar-refractivity contribution >= 4 is 34.3 Å². The molecule has 0 amide bonds. The van der Waals surface area contributed by atoms with Crippen molar-refractivity contribution in [3.63, 3.8) is 0 Å². The molecule has 4 heteroatoms. The van der Waals surface area contributed by atoms with E-state index in [9.17, 15) is 0 Å². The fraction of sp³-hybridized carbons (Fsp3) is 0.429. The molecule has 1 heterocycles. The Morgan fingerprint density at radius 2 is 2.22 bits per heavy atom. The van der Waals surface area contributed by atoms with Gasteiger partial charge in [-0.1, -0.05) is 18.5 Å². The van der Waals surface area contributed by atoms with E-state index in [1.807, 2.05) is 30.0 Å². The fourth-order valence-corrected chi connectivity index (χ4v) is 2.73. The Morgan fingerprint density at radius 3 is 2.94 bits per heavy atom. The van der Waals surface area contributed by atoms with Crippen molar-refractivity contribution in [2.75, 3.05) is 18.6 Å². The van der Waals surface area contributed by atoms with Gasteiger partial charge in [0.15, 0.2) is 0 Å². The topological polar surface area (TPSA) is 25.2 Å². The van der Waals surface area contributed by atoms with Crippen LogP contribution in [-0.4, -0.2) is 18.6 Å². The molecule has 1 atom stereocenters. The lowest BCUT2D eigenvalue weighted by atomic mass is 10.2. The Hall–Kier alpha value is -0.640. The highest BCUT2D eigenvalue weighted by atomic mass is 35.5. The Balaban J connectivity index is 2.26. The van der Waals surface area contributed by atoms with Gasteiger partial charge in [0.2, 0.25) is 0 Å². The smallest absolute Gasteiger partial charge is 0.134 e. The summed E-state index contributed by atoms with van der Waals surface area (Å²) in [7, 11) is 0. The van der Waals surface area contributed by atoms with Crippen molar-refractivity contribution in [1.29, 1.82) is 0 Å². The molecule has 2 rings (SSSR count). The van der Waals surface area contributed by atoms with Gasteiger partial charge in [-0.05, 0) is 43.5 Å². The van der Waals surface area contributed by atoms with Crippen molar-refractivity contribution in [3.8, 4) is 0 Å². The van der Waals surface area contributed by atoms with Crippen LogP contribution in [0, 0.1) is 0 Å². The lowest BCUT2D eigenvalue weighted by Crippen LogP contribution is -2.23. The summed E-state index contributed by atoms with van der Waals surface area (Å²) in [6.45, 7) is 3.17. The summed E-state index contributed by atoms with van der Waals surface area (Å²) in [6.07, 6.45) is 3.23. The van der Waals surface area contributed by atoms with E-state index in [4.69, 9.17) is 16.0 Å². The second kappa shape index (κ2) is 6.50. The van der Waals surface area contributed by atoms with E-state index < -0.39 is 0 Å². The lowest BCUT2D eigenvalue weighted by molar-refractivity contribution is 0.456. The van der Waals surface area contributed by atoms with Crippen LogP contribution in [0.4, 0.5) is 0 Å². The maximum atomic E-state index is 5.99. The third-order valence-corrected chi connectivity index (χ3v) is 3.72. The van der Waals surface area contributed by atoms with E-state index in [-0.39, 0.29) is 6.04 Å². The van der Waals surface area contributed by atoms with Crippen LogP contribution in [0.5, 0.6) is 0 Å². The maximum Gasteiger partial charge on any atom is 0.134 e. The first-order valence-corrected chi connectivity index (χ1v) is 7.93. The highest BCUT2D eigenvalue weighted by Gasteiger charge is 2.15. The quantitative estimate of drug-likeness (QED) is 0.845. The van der Waals surface area contributed by atoms with Gasteiger partial charge in [-0.15, -0.1) is 0 Å². The van der Waals surface area contributed by atoms with Crippen LogP contribution in [0.2, 0.25) is 5.02 Å². The molecule has 98 valence electrons. The summed E-state index contributed by atoms with van der Waals surface area (Å²) in [4.78, 5) is 0. The first-order chi connectivity index (χ1) is 8.74. The van der Waals surface area contributed by atoms with Gasteiger partial charge in [0.05, 0.1) is 6.04 Å². The number of thioether (sulfide) groups is 1. The van der Waals surface area contributed by atoms with Crippen molar-refractivity contribution in [3.05, 3.63) is 35.0 Å². The molecular formula is C14H18ClNOS. The molecule has 0 aliphatic rings. The van der Waals surface area contributed by atoms with E-state index in [1.54, 1.807) is 0 Å². The van der Waals surface area contributed by atoms with Gasteiger partial charge in [0.25, 0.3) is 0 Å². The van der Waals surface area contributed by atoms with Gasteiger partial charge in [0, 0.05) is 16.2 Å². The van der Waals surface area contributed by atoms with Crippen molar-refractivity contribution in [2.45, 2.75) is 19.4 Å². The molecule has 0 spiro atoms. The second-order valence-electron chi connectivity index (χ2n) is 4.29. The Labute approximate surface area is 117 Å². The number of hydrogen-bond donors (Lipinski definition) is 1. The molecule has 18 heavy (non-hydrogen) atoms. The fourth-order valence-electron chi connectivity index (χ4n) is 1.93. The van der Waals surface area contributed by atoms with E-state index in [1.165, 1.54) is 0 Å². The molecule has 0 saturated carbocycles. The number of furan rings is 1. The number of halogens is 1. The lowest BCUT2D eigenvalue weighted by Gasteiger charge is -2.14. The van der Waals surface area contributed by atoms with Crippen LogP contribution >= 0.6 is 23.4 Å². The van der Waals surface area contributed by atoms with Gasteiger partial charge >= 0.3 is 0 Å². The average molecular weight is 284 g/mol. The Kier molecular flexibility index (Phi) is 4.98. The Bertz CT molecular complexity index is 511. The minimum absolute atomic E-state index is 0.270. The number of fused-ring (bicyclic) bond motifs is 1. The summed E-state index contributed by atoms with van der Waals surface area (Å²) in [5.41, 5.74) is 0.902. The van der Waals surface area contributed by atoms with Gasteiger partial charge < -0.3 is 9.73 Å². The van der Waals surface area contributed by atoms with Gasteiger partial charge in [0.1, 0.15) is 11.3 Å². The predicted octanol–water partition coefficient (Wildman–Crippen LogP) is 4.49. The van der Waals surface area contributed by atoms with Crippen LogP contribution in [0.1, 0.15) is 25.1 Å². The van der Waals surface area contributed by atoms with Gasteiger partial charge in [-0.3, -0.25) is 0 Å². The third kappa shape index (κ3) is 3.22. The van der Waals surface area contributed by atoms with Gasteiger partial charge in [-0.25, -0.2) is 0 Å². The summed E-state index contributed by atoms with van der Waals surface area (Å²) in [6, 6.07) is 8.09. The number of hydrogen-bond acceptors (Lipinski definition) is 3. The number of benzene rings is 1. The van der Waals surface area contributed by atoms with Crippen molar-refractivity contribution in [1.82, 2.24) is 5.32 Å². The van der Waals surface area contributed by atoms with E-state index in [2.05, 4.69) is 24.6 Å². The number of rotatable bonds is 6. The zero-order chi connectivity index (χ0) is 13.0. The van der Waals surface area contributed by atoms with E-state index >= 15 is 0 Å². The molecule has 0 radical (unpaired) electrons. The summed E-state index contributed by atoms with van der Waals surface area (Å²) in [5, 5.41) is 5.33. The molecule has 0 bridgehead atoms. The molecule has 1 aromatic carbocycles. The molecule has 2 aromatic rings. The first kappa shape index (κ1) is 13.8. The van der Waals surface area contributed by atoms with Crippen molar-refractivity contribution in [2.24, 2.45) is 0 Å². The average Bonchev–Trinajstić information content (AvgIpc) is 2.77. The molecule has 2 nitrogen and oxygen atoms in total. The van der Waals surface area contributed by atoms with Crippen LogP contribution in [0.3, 0.4) is 0 Å². The SMILES string of the molecule is CCCNC(CSC)c1cc2cc(Cl)ccc2o1. The standard InChI is InChI=1S/C14H18ClNOS/c1-3-6-16-12(9-18-2)14-8-10-7-11(15)4-5-13(10)17-14/h4-5,7-8,12,16H,3,6,9H2,1-2H3. The van der Waals surface area contributed by atoms with Crippen LogP contribution in [-0.2, 0) is 0 Å². The molecular weight excluding hydrogens is 266 g/mol. The summed E-state index contributed by atoms with van der Waals surface area (Å²) >= 11 is 7.81. The molecule has 0 saturated heterocycles. The first-order valence-electron chi connectivity index (χ1n) is 6.16. The zero-order valence-corrected chi connectivity index (χ0v) is 12.3. The molecule has 0 aliphatic carbocycles. The molecule has 1 unspecified atom stereocenters.